The zero-order valence-corrected chi connectivity index (χ0v) is 15.0. The minimum atomic E-state index is -0.637. The van der Waals surface area contributed by atoms with Gasteiger partial charge in [0.25, 0.3) is 17.6 Å². The lowest BCUT2D eigenvalue weighted by Crippen LogP contribution is -2.19. The molecule has 0 aliphatic heterocycles. The molecule has 0 radical (unpaired) electrons. The fraction of sp³-hybridized carbons (Fsp3) is 0.0500. The molecular formula is C20H16N6O2. The number of amides is 2. The Kier molecular flexibility index (Phi) is 4.29. The van der Waals surface area contributed by atoms with Gasteiger partial charge in [-0.25, -0.2) is 4.98 Å². The van der Waals surface area contributed by atoms with Crippen molar-refractivity contribution in [3.63, 3.8) is 0 Å². The summed E-state index contributed by atoms with van der Waals surface area (Å²) in [4.78, 5) is 32.8. The van der Waals surface area contributed by atoms with Crippen LogP contribution in [0, 0.1) is 6.92 Å². The van der Waals surface area contributed by atoms with E-state index in [1.54, 1.807) is 18.2 Å². The second-order valence-electron chi connectivity index (χ2n) is 6.16. The summed E-state index contributed by atoms with van der Waals surface area (Å²) >= 11 is 0. The summed E-state index contributed by atoms with van der Waals surface area (Å²) in [6.45, 7) is 1.85. The van der Waals surface area contributed by atoms with E-state index in [1.807, 2.05) is 43.3 Å². The number of para-hydroxylation sites is 1. The highest BCUT2D eigenvalue weighted by Gasteiger charge is 2.18. The van der Waals surface area contributed by atoms with E-state index in [4.69, 9.17) is 5.73 Å². The number of carbonyl (C=O) groups is 2. The number of benzene rings is 2. The predicted octanol–water partition coefficient (Wildman–Crippen LogP) is 2.45. The van der Waals surface area contributed by atoms with Crippen LogP contribution in [0.4, 0.5) is 5.69 Å². The van der Waals surface area contributed by atoms with E-state index in [1.165, 1.54) is 10.6 Å². The third kappa shape index (κ3) is 3.18. The fourth-order valence-electron chi connectivity index (χ4n) is 2.88. The normalized spacial score (nSPS) is 10.8. The van der Waals surface area contributed by atoms with E-state index in [2.05, 4.69) is 20.4 Å². The molecule has 0 unspecified atom stereocenters. The van der Waals surface area contributed by atoms with Gasteiger partial charge in [-0.2, -0.15) is 9.50 Å². The van der Waals surface area contributed by atoms with Crippen molar-refractivity contribution < 1.29 is 9.59 Å². The zero-order chi connectivity index (χ0) is 19.7. The highest BCUT2D eigenvalue weighted by molar-refractivity contribution is 6.07. The van der Waals surface area contributed by atoms with Gasteiger partial charge >= 0.3 is 0 Å². The smallest absolute Gasteiger partial charge is 0.295 e. The van der Waals surface area contributed by atoms with E-state index in [0.717, 1.165) is 17.0 Å². The SMILES string of the molecule is Cc1cc(-c2ccccc2)n2nc(C(=O)Nc3ccccc3C(N)=O)nc2n1. The Morgan fingerprint density at radius 1 is 1.00 bits per heavy atom. The quantitative estimate of drug-likeness (QED) is 0.571. The third-order valence-corrected chi connectivity index (χ3v) is 4.15. The Morgan fingerprint density at radius 3 is 2.46 bits per heavy atom. The Labute approximate surface area is 160 Å². The number of anilines is 1. The second kappa shape index (κ2) is 6.92. The number of hydrogen-bond acceptors (Lipinski definition) is 5. The van der Waals surface area contributed by atoms with Crippen molar-refractivity contribution in [3.8, 4) is 11.3 Å². The van der Waals surface area contributed by atoms with Gasteiger partial charge in [-0.05, 0) is 25.1 Å². The van der Waals surface area contributed by atoms with Crippen molar-refractivity contribution in [1.82, 2.24) is 19.6 Å². The van der Waals surface area contributed by atoms with Crippen molar-refractivity contribution >= 4 is 23.3 Å². The first kappa shape index (κ1) is 17.3. The van der Waals surface area contributed by atoms with Gasteiger partial charge in [0.15, 0.2) is 0 Å². The molecule has 0 saturated heterocycles. The minimum absolute atomic E-state index is 0.0606. The molecule has 3 N–H and O–H groups in total. The summed E-state index contributed by atoms with van der Waals surface area (Å²) in [5.74, 6) is -0.944. The monoisotopic (exact) mass is 372 g/mol. The molecule has 2 heterocycles. The molecular weight excluding hydrogens is 356 g/mol. The maximum atomic E-state index is 12.7. The van der Waals surface area contributed by atoms with E-state index in [9.17, 15) is 9.59 Å². The molecule has 2 aromatic carbocycles. The number of nitrogens with two attached hydrogens (primary N) is 1. The molecule has 0 aliphatic carbocycles. The summed E-state index contributed by atoms with van der Waals surface area (Å²) in [7, 11) is 0. The van der Waals surface area contributed by atoms with Gasteiger partial charge in [0.05, 0.1) is 16.9 Å². The van der Waals surface area contributed by atoms with Crippen LogP contribution in [-0.2, 0) is 0 Å². The van der Waals surface area contributed by atoms with Crippen LogP contribution in [0.25, 0.3) is 17.0 Å². The Balaban J connectivity index is 1.75. The van der Waals surface area contributed by atoms with Crippen LogP contribution >= 0.6 is 0 Å². The van der Waals surface area contributed by atoms with Gasteiger partial charge in [-0.3, -0.25) is 9.59 Å². The van der Waals surface area contributed by atoms with Gasteiger partial charge in [-0.1, -0.05) is 42.5 Å². The molecule has 4 rings (SSSR count). The standard InChI is InChI=1S/C20H16N6O2/c1-12-11-16(13-7-3-2-4-8-13)26-20(22-12)24-18(25-26)19(28)23-15-10-6-5-9-14(15)17(21)27/h2-11H,1H3,(H2,21,27)(H,23,28). The fourth-order valence-corrected chi connectivity index (χ4v) is 2.88. The molecule has 0 saturated carbocycles. The van der Waals surface area contributed by atoms with Crippen LogP contribution in [0.15, 0.2) is 60.7 Å². The number of hydrogen-bond donors (Lipinski definition) is 2. The number of nitrogens with one attached hydrogen (secondary N) is 1. The molecule has 0 aliphatic rings. The lowest BCUT2D eigenvalue weighted by atomic mass is 10.1. The van der Waals surface area contributed by atoms with Crippen LogP contribution in [-0.4, -0.2) is 31.4 Å². The van der Waals surface area contributed by atoms with Crippen LogP contribution in [0.5, 0.6) is 0 Å². The van der Waals surface area contributed by atoms with E-state index < -0.39 is 11.8 Å². The molecule has 0 spiro atoms. The molecule has 28 heavy (non-hydrogen) atoms. The average molecular weight is 372 g/mol. The topological polar surface area (TPSA) is 115 Å². The van der Waals surface area contributed by atoms with Crippen molar-refractivity contribution in [2.45, 2.75) is 6.92 Å². The van der Waals surface area contributed by atoms with Gasteiger partial charge < -0.3 is 11.1 Å². The van der Waals surface area contributed by atoms with Gasteiger partial charge in [0.2, 0.25) is 5.82 Å². The Bertz CT molecular complexity index is 1200. The van der Waals surface area contributed by atoms with E-state index in [-0.39, 0.29) is 11.4 Å². The van der Waals surface area contributed by atoms with Crippen LogP contribution in [0.2, 0.25) is 0 Å². The number of aromatic nitrogens is 4. The Hall–Kier alpha value is -4.07. The molecule has 8 nitrogen and oxygen atoms in total. The van der Waals surface area contributed by atoms with Crippen molar-refractivity contribution in [2.75, 3.05) is 5.32 Å². The van der Waals surface area contributed by atoms with Gasteiger partial charge in [0, 0.05) is 11.3 Å². The number of fused-ring (bicyclic) bond motifs is 1. The first-order valence-corrected chi connectivity index (χ1v) is 8.53. The summed E-state index contributed by atoms with van der Waals surface area (Å²) in [5.41, 5.74) is 8.31. The van der Waals surface area contributed by atoms with Crippen LogP contribution in [0.3, 0.4) is 0 Å². The highest BCUT2D eigenvalue weighted by atomic mass is 16.2. The maximum Gasteiger partial charge on any atom is 0.295 e. The molecule has 138 valence electrons. The first-order valence-electron chi connectivity index (χ1n) is 8.53. The van der Waals surface area contributed by atoms with Crippen molar-refractivity contribution in [2.24, 2.45) is 5.73 Å². The Morgan fingerprint density at radius 2 is 1.71 bits per heavy atom. The van der Waals surface area contributed by atoms with E-state index >= 15 is 0 Å². The minimum Gasteiger partial charge on any atom is -0.366 e. The van der Waals surface area contributed by atoms with Crippen LogP contribution in [0.1, 0.15) is 26.7 Å². The molecule has 0 bridgehead atoms. The summed E-state index contributed by atoms with van der Waals surface area (Å²) in [6, 6.07) is 18.0. The average Bonchev–Trinajstić information content (AvgIpc) is 3.12. The number of carbonyl (C=O) groups excluding carboxylic acids is 2. The summed E-state index contributed by atoms with van der Waals surface area (Å²) in [5, 5.41) is 6.95. The van der Waals surface area contributed by atoms with E-state index in [0.29, 0.717) is 11.5 Å². The largest absolute Gasteiger partial charge is 0.366 e. The number of rotatable bonds is 4. The van der Waals surface area contributed by atoms with Crippen molar-refractivity contribution in [1.29, 1.82) is 0 Å². The zero-order valence-electron chi connectivity index (χ0n) is 15.0. The van der Waals surface area contributed by atoms with Gasteiger partial charge in [-0.15, -0.1) is 5.10 Å². The maximum absolute atomic E-state index is 12.7. The van der Waals surface area contributed by atoms with Crippen molar-refractivity contribution in [3.05, 3.63) is 77.7 Å². The molecule has 4 aromatic rings. The molecule has 0 atom stereocenters. The number of primary amides is 1. The third-order valence-electron chi connectivity index (χ3n) is 4.15. The molecule has 2 aromatic heterocycles. The summed E-state index contributed by atoms with van der Waals surface area (Å²) in [6.07, 6.45) is 0. The number of nitrogens with zero attached hydrogens (tertiary/aromatic N) is 4. The lowest BCUT2D eigenvalue weighted by Gasteiger charge is -2.06. The lowest BCUT2D eigenvalue weighted by molar-refractivity contribution is 0.100. The number of aryl methyl sites for hydroxylation is 1. The first-order chi connectivity index (χ1) is 13.5. The molecule has 2 amide bonds. The molecule has 0 fully saturated rings. The second-order valence-corrected chi connectivity index (χ2v) is 6.16. The highest BCUT2D eigenvalue weighted by Crippen LogP contribution is 2.21. The van der Waals surface area contributed by atoms with Crippen LogP contribution < -0.4 is 11.1 Å². The summed E-state index contributed by atoms with van der Waals surface area (Å²) < 4.78 is 1.53. The van der Waals surface area contributed by atoms with Gasteiger partial charge in [0.1, 0.15) is 0 Å². The molecule has 8 heteroatoms. The predicted molar refractivity (Wildman–Crippen MR) is 104 cm³/mol.